The van der Waals surface area contributed by atoms with Crippen LogP contribution in [0.25, 0.3) is 0 Å². The minimum absolute atomic E-state index is 0.138. The molecular formula is C25H25ClFN5O2. The standard InChI is InChI=1S/C25H25ClFN5O2/c1-14-4-5-17(11-29-14)8-9-34-22-10-18(27)6-7-19(22)25(33)32-12-20(21(28)13-32)24-30-15(2)23(26)16(3)31-24/h4-7,10-11,20,28H,8-9,12-13H2,1-3H3. The van der Waals surface area contributed by atoms with Crippen LogP contribution in [-0.2, 0) is 6.42 Å². The second-order valence-corrected chi connectivity index (χ2v) is 8.75. The van der Waals surface area contributed by atoms with Gasteiger partial charge in [-0.15, -0.1) is 0 Å². The highest BCUT2D eigenvalue weighted by molar-refractivity contribution is 6.31. The molecule has 1 aliphatic rings. The van der Waals surface area contributed by atoms with Crippen LogP contribution in [0.5, 0.6) is 5.75 Å². The van der Waals surface area contributed by atoms with Gasteiger partial charge in [-0.1, -0.05) is 17.7 Å². The predicted octanol–water partition coefficient (Wildman–Crippen LogP) is 4.47. The third-order valence-electron chi connectivity index (χ3n) is 5.78. The third kappa shape index (κ3) is 5.07. The van der Waals surface area contributed by atoms with Crippen molar-refractivity contribution in [3.05, 3.63) is 81.4 Å². The number of benzene rings is 1. The largest absolute Gasteiger partial charge is 0.492 e. The zero-order valence-corrected chi connectivity index (χ0v) is 20.0. The van der Waals surface area contributed by atoms with Crippen LogP contribution in [0.4, 0.5) is 4.39 Å². The summed E-state index contributed by atoms with van der Waals surface area (Å²) in [6.07, 6.45) is 2.34. The third-order valence-corrected chi connectivity index (χ3v) is 6.33. The Bertz CT molecular complexity index is 1230. The Hall–Kier alpha value is -3.39. The Balaban J connectivity index is 1.49. The number of likely N-dealkylation sites (tertiary alicyclic amines) is 1. The highest BCUT2D eigenvalue weighted by Gasteiger charge is 2.35. The molecule has 0 bridgehead atoms. The molecule has 7 nitrogen and oxygen atoms in total. The van der Waals surface area contributed by atoms with Crippen LogP contribution in [-0.4, -0.2) is 51.2 Å². The average Bonchev–Trinajstić information content (AvgIpc) is 3.20. The number of carbonyl (C=O) groups is 1. The summed E-state index contributed by atoms with van der Waals surface area (Å²) in [5.41, 5.74) is 3.78. The topological polar surface area (TPSA) is 92.1 Å². The van der Waals surface area contributed by atoms with Crippen molar-refractivity contribution in [3.63, 3.8) is 0 Å². The second-order valence-electron chi connectivity index (χ2n) is 8.38. The van der Waals surface area contributed by atoms with E-state index in [1.165, 1.54) is 18.2 Å². The fraction of sp³-hybridized carbons (Fsp3) is 0.320. The van der Waals surface area contributed by atoms with E-state index >= 15 is 0 Å². The van der Waals surface area contributed by atoms with Crippen molar-refractivity contribution in [2.24, 2.45) is 0 Å². The van der Waals surface area contributed by atoms with Gasteiger partial charge in [0, 0.05) is 36.6 Å². The number of aryl methyl sites for hydroxylation is 3. The maximum atomic E-state index is 14.0. The fourth-order valence-electron chi connectivity index (χ4n) is 3.88. The van der Waals surface area contributed by atoms with Gasteiger partial charge in [-0.05, 0) is 44.5 Å². The first kappa shape index (κ1) is 23.8. The van der Waals surface area contributed by atoms with Crippen LogP contribution < -0.4 is 4.74 Å². The van der Waals surface area contributed by atoms with E-state index in [9.17, 15) is 9.18 Å². The number of ether oxygens (including phenoxy) is 1. The molecule has 0 radical (unpaired) electrons. The molecule has 1 saturated heterocycles. The highest BCUT2D eigenvalue weighted by Crippen LogP contribution is 2.29. The molecule has 1 amide bonds. The molecule has 3 aromatic rings. The number of hydrogen-bond acceptors (Lipinski definition) is 6. The molecule has 34 heavy (non-hydrogen) atoms. The van der Waals surface area contributed by atoms with E-state index in [2.05, 4.69) is 15.0 Å². The van der Waals surface area contributed by atoms with Crippen LogP contribution in [0.3, 0.4) is 0 Å². The minimum atomic E-state index is -0.490. The molecular weight excluding hydrogens is 457 g/mol. The van der Waals surface area contributed by atoms with E-state index in [1.54, 1.807) is 24.9 Å². The number of halogens is 2. The number of pyridine rings is 1. The van der Waals surface area contributed by atoms with Crippen LogP contribution >= 0.6 is 11.6 Å². The first-order valence-electron chi connectivity index (χ1n) is 10.9. The molecule has 0 aliphatic carbocycles. The van der Waals surface area contributed by atoms with Gasteiger partial charge < -0.3 is 15.0 Å². The molecule has 0 saturated carbocycles. The number of aromatic nitrogens is 3. The Morgan fingerprint density at radius 2 is 1.94 bits per heavy atom. The summed E-state index contributed by atoms with van der Waals surface area (Å²) in [7, 11) is 0. The van der Waals surface area contributed by atoms with Crippen molar-refractivity contribution < 1.29 is 13.9 Å². The van der Waals surface area contributed by atoms with Crippen molar-refractivity contribution in [3.8, 4) is 5.75 Å². The van der Waals surface area contributed by atoms with Crippen LogP contribution in [0.15, 0.2) is 36.5 Å². The van der Waals surface area contributed by atoms with Gasteiger partial charge in [0.1, 0.15) is 17.4 Å². The fourth-order valence-corrected chi connectivity index (χ4v) is 3.96. The van der Waals surface area contributed by atoms with Gasteiger partial charge in [0.15, 0.2) is 0 Å². The smallest absolute Gasteiger partial charge is 0.257 e. The van der Waals surface area contributed by atoms with Gasteiger partial charge in [0.2, 0.25) is 0 Å². The predicted molar refractivity (Wildman–Crippen MR) is 127 cm³/mol. The summed E-state index contributed by atoms with van der Waals surface area (Å²) in [6, 6.07) is 7.75. The highest BCUT2D eigenvalue weighted by atomic mass is 35.5. The van der Waals surface area contributed by atoms with Gasteiger partial charge in [0.25, 0.3) is 5.91 Å². The molecule has 3 heterocycles. The maximum absolute atomic E-state index is 14.0. The normalized spacial score (nSPS) is 15.6. The molecule has 4 rings (SSSR count). The summed E-state index contributed by atoms with van der Waals surface area (Å²) in [4.78, 5) is 28.0. The zero-order valence-electron chi connectivity index (χ0n) is 19.2. The number of nitrogens with zero attached hydrogens (tertiary/aromatic N) is 4. The van der Waals surface area contributed by atoms with Gasteiger partial charge in [-0.2, -0.15) is 0 Å². The van der Waals surface area contributed by atoms with Crippen LogP contribution in [0, 0.1) is 32.0 Å². The lowest BCUT2D eigenvalue weighted by atomic mass is 10.1. The number of carbonyl (C=O) groups excluding carboxylic acids is 1. The Labute approximate surface area is 202 Å². The van der Waals surface area contributed by atoms with Crippen molar-refractivity contribution in [1.29, 1.82) is 5.41 Å². The van der Waals surface area contributed by atoms with E-state index in [1.807, 2.05) is 19.1 Å². The summed E-state index contributed by atoms with van der Waals surface area (Å²) in [5, 5.41) is 8.93. The molecule has 1 atom stereocenters. The van der Waals surface area contributed by atoms with Crippen LogP contribution in [0.1, 0.15) is 44.7 Å². The monoisotopic (exact) mass is 481 g/mol. The summed E-state index contributed by atoms with van der Waals surface area (Å²) >= 11 is 6.18. The van der Waals surface area contributed by atoms with E-state index in [-0.39, 0.29) is 36.9 Å². The number of hydrogen-bond donors (Lipinski definition) is 1. The first-order chi connectivity index (χ1) is 16.2. The van der Waals surface area contributed by atoms with E-state index in [0.29, 0.717) is 34.4 Å². The number of amides is 1. The number of nitrogens with one attached hydrogen (secondary N) is 1. The molecule has 1 unspecified atom stereocenters. The lowest BCUT2D eigenvalue weighted by molar-refractivity contribution is 0.0790. The van der Waals surface area contributed by atoms with Crippen molar-refractivity contribution >= 4 is 23.2 Å². The van der Waals surface area contributed by atoms with Gasteiger partial charge >= 0.3 is 0 Å². The summed E-state index contributed by atoms with van der Waals surface area (Å²) in [6.45, 7) is 6.15. The van der Waals surface area contributed by atoms with Crippen molar-refractivity contribution in [2.75, 3.05) is 19.7 Å². The molecule has 1 N–H and O–H groups in total. The molecule has 1 aliphatic heterocycles. The molecule has 1 fully saturated rings. The number of rotatable bonds is 6. The van der Waals surface area contributed by atoms with Crippen molar-refractivity contribution in [2.45, 2.75) is 33.1 Å². The second kappa shape index (κ2) is 9.85. The molecule has 2 aromatic heterocycles. The van der Waals surface area contributed by atoms with Gasteiger partial charge in [0.05, 0.1) is 41.0 Å². The quantitative estimate of drug-likeness (QED) is 0.560. The SMILES string of the molecule is Cc1ccc(CCOc2cc(F)ccc2C(=O)N2CC(=N)C(c3nc(C)c(Cl)c(C)n3)C2)cn1. The Morgan fingerprint density at radius 1 is 1.21 bits per heavy atom. The first-order valence-corrected chi connectivity index (χ1v) is 11.3. The van der Waals surface area contributed by atoms with Crippen molar-refractivity contribution in [1.82, 2.24) is 19.9 Å². The molecule has 0 spiro atoms. The zero-order chi connectivity index (χ0) is 24.4. The Kier molecular flexibility index (Phi) is 6.88. The lowest BCUT2D eigenvalue weighted by Gasteiger charge is -2.18. The van der Waals surface area contributed by atoms with Crippen LogP contribution in [0.2, 0.25) is 5.02 Å². The van der Waals surface area contributed by atoms with Gasteiger partial charge in [-0.25, -0.2) is 14.4 Å². The van der Waals surface area contributed by atoms with E-state index < -0.39 is 11.7 Å². The minimum Gasteiger partial charge on any atom is -0.492 e. The molecule has 9 heteroatoms. The maximum Gasteiger partial charge on any atom is 0.257 e. The van der Waals surface area contributed by atoms with E-state index in [4.69, 9.17) is 21.7 Å². The van der Waals surface area contributed by atoms with E-state index in [0.717, 1.165) is 11.3 Å². The summed E-state index contributed by atoms with van der Waals surface area (Å²) in [5.74, 6) is -0.591. The summed E-state index contributed by atoms with van der Waals surface area (Å²) < 4.78 is 19.8. The molecule has 1 aromatic carbocycles. The average molecular weight is 482 g/mol. The lowest BCUT2D eigenvalue weighted by Crippen LogP contribution is -2.29. The molecule has 176 valence electrons. The Morgan fingerprint density at radius 3 is 2.62 bits per heavy atom. The van der Waals surface area contributed by atoms with Gasteiger partial charge in [-0.3, -0.25) is 9.78 Å².